The molecule has 1 aromatic rings. The standard InChI is InChI=1S/C12H20N2O/c1-4-10(5-2)14-11-7-6-9(13)8-12(11)15-3/h6-8,10,14H,4-5,13H2,1-3H3. The normalized spacial score (nSPS) is 10.4. The van der Waals surface area contributed by atoms with Crippen molar-refractivity contribution in [2.75, 3.05) is 18.2 Å². The number of hydrogen-bond acceptors (Lipinski definition) is 3. The first kappa shape index (κ1) is 11.7. The molecule has 0 radical (unpaired) electrons. The van der Waals surface area contributed by atoms with Crippen LogP contribution in [-0.2, 0) is 0 Å². The Hall–Kier alpha value is -1.38. The minimum atomic E-state index is 0.488. The van der Waals surface area contributed by atoms with Crippen LogP contribution in [0, 0.1) is 0 Å². The lowest BCUT2D eigenvalue weighted by Gasteiger charge is -2.18. The molecule has 0 aliphatic carbocycles. The molecule has 0 atom stereocenters. The van der Waals surface area contributed by atoms with E-state index in [9.17, 15) is 0 Å². The summed E-state index contributed by atoms with van der Waals surface area (Å²) >= 11 is 0. The zero-order valence-electron chi connectivity index (χ0n) is 9.71. The molecule has 0 fully saturated rings. The number of nitrogen functional groups attached to an aromatic ring is 1. The van der Waals surface area contributed by atoms with Gasteiger partial charge in [-0.3, -0.25) is 0 Å². The fourth-order valence-corrected chi connectivity index (χ4v) is 1.54. The van der Waals surface area contributed by atoms with E-state index in [1.807, 2.05) is 18.2 Å². The Morgan fingerprint density at radius 1 is 1.33 bits per heavy atom. The van der Waals surface area contributed by atoms with Crippen molar-refractivity contribution in [3.05, 3.63) is 18.2 Å². The van der Waals surface area contributed by atoms with Crippen LogP contribution >= 0.6 is 0 Å². The van der Waals surface area contributed by atoms with Gasteiger partial charge in [0.15, 0.2) is 0 Å². The highest BCUT2D eigenvalue weighted by molar-refractivity contribution is 5.62. The van der Waals surface area contributed by atoms with Gasteiger partial charge >= 0.3 is 0 Å². The van der Waals surface area contributed by atoms with Crippen LogP contribution in [0.1, 0.15) is 26.7 Å². The molecule has 1 aromatic carbocycles. The summed E-state index contributed by atoms with van der Waals surface area (Å²) in [6.07, 6.45) is 2.20. The third-order valence-corrected chi connectivity index (χ3v) is 2.57. The van der Waals surface area contributed by atoms with Gasteiger partial charge in [0.05, 0.1) is 12.8 Å². The minimum absolute atomic E-state index is 0.488. The number of anilines is 2. The molecule has 3 heteroatoms. The predicted octanol–water partition coefficient (Wildman–Crippen LogP) is 2.88. The van der Waals surface area contributed by atoms with Crippen LogP contribution < -0.4 is 15.8 Å². The molecular formula is C12H20N2O. The average Bonchev–Trinajstić information content (AvgIpc) is 2.27. The van der Waals surface area contributed by atoms with E-state index in [2.05, 4.69) is 19.2 Å². The van der Waals surface area contributed by atoms with Crippen LogP contribution in [0.5, 0.6) is 5.75 Å². The molecule has 0 saturated heterocycles. The van der Waals surface area contributed by atoms with Crippen molar-refractivity contribution in [2.45, 2.75) is 32.7 Å². The van der Waals surface area contributed by atoms with E-state index in [0.717, 1.165) is 30.0 Å². The van der Waals surface area contributed by atoms with E-state index >= 15 is 0 Å². The Morgan fingerprint density at radius 2 is 2.00 bits per heavy atom. The largest absolute Gasteiger partial charge is 0.495 e. The van der Waals surface area contributed by atoms with Gasteiger partial charge in [0, 0.05) is 17.8 Å². The molecule has 15 heavy (non-hydrogen) atoms. The van der Waals surface area contributed by atoms with Crippen LogP contribution in [-0.4, -0.2) is 13.2 Å². The highest BCUT2D eigenvalue weighted by Crippen LogP contribution is 2.27. The molecule has 0 aliphatic rings. The summed E-state index contributed by atoms with van der Waals surface area (Å²) in [6.45, 7) is 4.34. The van der Waals surface area contributed by atoms with Crippen molar-refractivity contribution in [3.8, 4) is 5.75 Å². The van der Waals surface area contributed by atoms with Gasteiger partial charge in [0.1, 0.15) is 5.75 Å². The highest BCUT2D eigenvalue weighted by Gasteiger charge is 2.07. The second-order valence-corrected chi connectivity index (χ2v) is 3.62. The first-order valence-corrected chi connectivity index (χ1v) is 5.41. The van der Waals surface area contributed by atoms with Gasteiger partial charge in [-0.15, -0.1) is 0 Å². The molecule has 0 amide bonds. The Morgan fingerprint density at radius 3 is 2.53 bits per heavy atom. The quantitative estimate of drug-likeness (QED) is 0.731. The Balaban J connectivity index is 2.83. The van der Waals surface area contributed by atoms with Gasteiger partial charge in [0.2, 0.25) is 0 Å². The molecule has 0 bridgehead atoms. The fraction of sp³-hybridized carbons (Fsp3) is 0.500. The lowest BCUT2D eigenvalue weighted by Crippen LogP contribution is -2.17. The highest BCUT2D eigenvalue weighted by atomic mass is 16.5. The number of nitrogens with one attached hydrogen (secondary N) is 1. The molecule has 3 N–H and O–H groups in total. The summed E-state index contributed by atoms with van der Waals surface area (Å²) in [7, 11) is 1.66. The summed E-state index contributed by atoms with van der Waals surface area (Å²) in [5.74, 6) is 0.807. The summed E-state index contributed by atoms with van der Waals surface area (Å²) in [5.41, 5.74) is 7.43. The lowest BCUT2D eigenvalue weighted by molar-refractivity contribution is 0.416. The molecular weight excluding hydrogens is 188 g/mol. The molecule has 0 heterocycles. The van der Waals surface area contributed by atoms with Crippen molar-refractivity contribution >= 4 is 11.4 Å². The van der Waals surface area contributed by atoms with Crippen molar-refractivity contribution in [3.63, 3.8) is 0 Å². The van der Waals surface area contributed by atoms with E-state index in [1.54, 1.807) is 7.11 Å². The topological polar surface area (TPSA) is 47.3 Å². The third kappa shape index (κ3) is 3.05. The number of methoxy groups -OCH3 is 1. The van der Waals surface area contributed by atoms with E-state index < -0.39 is 0 Å². The SMILES string of the molecule is CCC(CC)Nc1ccc(N)cc1OC. The number of benzene rings is 1. The van der Waals surface area contributed by atoms with E-state index in [0.29, 0.717) is 6.04 Å². The van der Waals surface area contributed by atoms with E-state index in [-0.39, 0.29) is 0 Å². The van der Waals surface area contributed by atoms with Gasteiger partial charge in [-0.1, -0.05) is 13.8 Å². The molecule has 0 aromatic heterocycles. The monoisotopic (exact) mass is 208 g/mol. The third-order valence-electron chi connectivity index (χ3n) is 2.57. The lowest BCUT2D eigenvalue weighted by atomic mass is 10.1. The number of ether oxygens (including phenoxy) is 1. The number of nitrogens with two attached hydrogens (primary N) is 1. The number of rotatable bonds is 5. The molecule has 0 saturated carbocycles. The van der Waals surface area contributed by atoms with Crippen molar-refractivity contribution < 1.29 is 4.74 Å². The van der Waals surface area contributed by atoms with Gasteiger partial charge in [-0.25, -0.2) is 0 Å². The summed E-state index contributed by atoms with van der Waals surface area (Å²) in [6, 6.07) is 6.17. The number of hydrogen-bond donors (Lipinski definition) is 2. The summed E-state index contributed by atoms with van der Waals surface area (Å²) < 4.78 is 5.27. The summed E-state index contributed by atoms with van der Waals surface area (Å²) in [4.78, 5) is 0. The maximum Gasteiger partial charge on any atom is 0.144 e. The first-order chi connectivity index (χ1) is 7.21. The van der Waals surface area contributed by atoms with Crippen molar-refractivity contribution in [1.29, 1.82) is 0 Å². The molecule has 0 spiro atoms. The minimum Gasteiger partial charge on any atom is -0.495 e. The van der Waals surface area contributed by atoms with Crippen LogP contribution in [0.2, 0.25) is 0 Å². The van der Waals surface area contributed by atoms with Crippen molar-refractivity contribution in [2.24, 2.45) is 0 Å². The molecule has 0 unspecified atom stereocenters. The van der Waals surface area contributed by atoms with Crippen molar-refractivity contribution in [1.82, 2.24) is 0 Å². The van der Waals surface area contributed by atoms with Gasteiger partial charge in [0.25, 0.3) is 0 Å². The molecule has 84 valence electrons. The molecule has 1 rings (SSSR count). The zero-order chi connectivity index (χ0) is 11.3. The van der Waals surface area contributed by atoms with Crippen LogP contribution in [0.25, 0.3) is 0 Å². The van der Waals surface area contributed by atoms with E-state index in [1.165, 1.54) is 0 Å². The van der Waals surface area contributed by atoms with Gasteiger partial charge < -0.3 is 15.8 Å². The first-order valence-electron chi connectivity index (χ1n) is 5.41. The molecule has 3 nitrogen and oxygen atoms in total. The van der Waals surface area contributed by atoms with Gasteiger partial charge in [-0.2, -0.15) is 0 Å². The maximum absolute atomic E-state index is 5.69. The Kier molecular flexibility index (Phi) is 4.28. The fourth-order valence-electron chi connectivity index (χ4n) is 1.54. The maximum atomic E-state index is 5.69. The molecule has 0 aliphatic heterocycles. The van der Waals surface area contributed by atoms with Crippen LogP contribution in [0.4, 0.5) is 11.4 Å². The Bertz CT molecular complexity index is 308. The summed E-state index contributed by atoms with van der Waals surface area (Å²) in [5, 5.41) is 3.44. The smallest absolute Gasteiger partial charge is 0.144 e. The van der Waals surface area contributed by atoms with Gasteiger partial charge in [-0.05, 0) is 25.0 Å². The second-order valence-electron chi connectivity index (χ2n) is 3.62. The zero-order valence-corrected chi connectivity index (χ0v) is 9.71. The Labute approximate surface area is 91.6 Å². The average molecular weight is 208 g/mol. The van der Waals surface area contributed by atoms with Crippen LogP contribution in [0.3, 0.4) is 0 Å². The predicted molar refractivity (Wildman–Crippen MR) is 65.4 cm³/mol. The van der Waals surface area contributed by atoms with E-state index in [4.69, 9.17) is 10.5 Å². The second kappa shape index (κ2) is 5.49. The van der Waals surface area contributed by atoms with Crippen LogP contribution in [0.15, 0.2) is 18.2 Å².